The van der Waals surface area contributed by atoms with Gasteiger partial charge in [-0.2, -0.15) is 0 Å². The van der Waals surface area contributed by atoms with Crippen LogP contribution in [-0.2, 0) is 4.74 Å². The summed E-state index contributed by atoms with van der Waals surface area (Å²) in [7, 11) is 0. The van der Waals surface area contributed by atoms with E-state index < -0.39 is 0 Å². The number of aliphatic hydroxyl groups is 1. The van der Waals surface area contributed by atoms with Crippen molar-refractivity contribution in [2.45, 2.75) is 64.9 Å². The highest BCUT2D eigenvalue weighted by Crippen LogP contribution is 2.07. The molecule has 0 rings (SSSR count). The van der Waals surface area contributed by atoms with E-state index in [1.807, 2.05) is 0 Å². The van der Waals surface area contributed by atoms with E-state index in [2.05, 4.69) is 13.8 Å². The van der Waals surface area contributed by atoms with Crippen LogP contribution in [0.5, 0.6) is 0 Å². The zero-order valence-electron chi connectivity index (χ0n) is 9.80. The lowest BCUT2D eigenvalue weighted by Crippen LogP contribution is -2.15. The van der Waals surface area contributed by atoms with Crippen molar-refractivity contribution < 1.29 is 9.84 Å². The molecule has 86 valence electrons. The fourth-order valence-electron chi connectivity index (χ4n) is 1.43. The fraction of sp³-hybridized carbons (Fsp3) is 1.00. The molecule has 2 nitrogen and oxygen atoms in total. The van der Waals surface area contributed by atoms with E-state index in [1.54, 1.807) is 0 Å². The van der Waals surface area contributed by atoms with Gasteiger partial charge in [-0.15, -0.1) is 0 Å². The Labute approximate surface area is 88.7 Å². The van der Waals surface area contributed by atoms with Crippen LogP contribution >= 0.6 is 0 Å². The van der Waals surface area contributed by atoms with Gasteiger partial charge in [0.1, 0.15) is 0 Å². The van der Waals surface area contributed by atoms with Crippen molar-refractivity contribution >= 4 is 0 Å². The molecular formula is C12H26O2. The predicted octanol–water partition coefficient (Wildman–Crippen LogP) is 3.13. The van der Waals surface area contributed by atoms with Gasteiger partial charge in [-0.25, -0.2) is 0 Å². The van der Waals surface area contributed by atoms with Crippen molar-refractivity contribution in [2.24, 2.45) is 0 Å². The SMILES string of the molecule is CCCCCCCC(O)COCCC. The molecule has 0 aromatic carbocycles. The molecule has 0 spiro atoms. The number of ether oxygens (including phenoxy) is 1. The second-order valence-corrected chi connectivity index (χ2v) is 3.93. The van der Waals surface area contributed by atoms with Crippen LogP contribution in [-0.4, -0.2) is 24.4 Å². The average molecular weight is 202 g/mol. The Morgan fingerprint density at radius 1 is 1.00 bits per heavy atom. The van der Waals surface area contributed by atoms with Gasteiger partial charge in [-0.05, 0) is 12.8 Å². The van der Waals surface area contributed by atoms with E-state index in [-0.39, 0.29) is 6.10 Å². The summed E-state index contributed by atoms with van der Waals surface area (Å²) in [4.78, 5) is 0. The maximum Gasteiger partial charge on any atom is 0.0773 e. The monoisotopic (exact) mass is 202 g/mol. The first-order valence-electron chi connectivity index (χ1n) is 6.07. The van der Waals surface area contributed by atoms with Gasteiger partial charge in [-0.1, -0.05) is 46.0 Å². The molecule has 0 amide bonds. The Kier molecular flexibility index (Phi) is 10.9. The highest BCUT2D eigenvalue weighted by Gasteiger charge is 2.02. The molecule has 1 N–H and O–H groups in total. The Balaban J connectivity index is 3.06. The van der Waals surface area contributed by atoms with E-state index >= 15 is 0 Å². The summed E-state index contributed by atoms with van der Waals surface area (Å²) in [5.41, 5.74) is 0. The number of hydrogen-bond acceptors (Lipinski definition) is 2. The summed E-state index contributed by atoms with van der Waals surface area (Å²) in [6.07, 6.45) is 7.97. The molecule has 0 bridgehead atoms. The van der Waals surface area contributed by atoms with Crippen LogP contribution in [0.15, 0.2) is 0 Å². The minimum atomic E-state index is -0.247. The normalized spacial score (nSPS) is 13.1. The molecular weight excluding hydrogens is 176 g/mol. The van der Waals surface area contributed by atoms with E-state index in [4.69, 9.17) is 4.74 Å². The fourth-order valence-corrected chi connectivity index (χ4v) is 1.43. The third-order valence-electron chi connectivity index (χ3n) is 2.30. The smallest absolute Gasteiger partial charge is 0.0773 e. The summed E-state index contributed by atoms with van der Waals surface area (Å²) < 4.78 is 5.27. The van der Waals surface area contributed by atoms with Crippen LogP contribution < -0.4 is 0 Å². The largest absolute Gasteiger partial charge is 0.391 e. The molecule has 0 saturated heterocycles. The van der Waals surface area contributed by atoms with Gasteiger partial charge in [0, 0.05) is 6.61 Å². The standard InChI is InChI=1S/C12H26O2/c1-3-5-6-7-8-9-12(13)11-14-10-4-2/h12-13H,3-11H2,1-2H3. The average Bonchev–Trinajstić information content (AvgIpc) is 2.18. The molecule has 0 aliphatic heterocycles. The topological polar surface area (TPSA) is 29.5 Å². The molecule has 0 radical (unpaired) electrons. The molecule has 14 heavy (non-hydrogen) atoms. The minimum absolute atomic E-state index is 0.247. The molecule has 0 aliphatic rings. The molecule has 0 saturated carbocycles. The second-order valence-electron chi connectivity index (χ2n) is 3.93. The minimum Gasteiger partial charge on any atom is -0.391 e. The van der Waals surface area contributed by atoms with E-state index in [9.17, 15) is 5.11 Å². The molecule has 1 unspecified atom stereocenters. The molecule has 0 heterocycles. The van der Waals surface area contributed by atoms with Gasteiger partial charge in [0.2, 0.25) is 0 Å². The van der Waals surface area contributed by atoms with Crippen LogP contribution in [0.2, 0.25) is 0 Å². The molecule has 2 heteroatoms. The summed E-state index contributed by atoms with van der Waals surface area (Å²) in [6, 6.07) is 0. The van der Waals surface area contributed by atoms with Gasteiger partial charge in [-0.3, -0.25) is 0 Å². The van der Waals surface area contributed by atoms with E-state index in [1.165, 1.54) is 25.7 Å². The van der Waals surface area contributed by atoms with E-state index in [0.29, 0.717) is 6.61 Å². The quantitative estimate of drug-likeness (QED) is 0.551. The summed E-state index contributed by atoms with van der Waals surface area (Å²) >= 11 is 0. The summed E-state index contributed by atoms with van der Waals surface area (Å²) in [5.74, 6) is 0. The van der Waals surface area contributed by atoms with Crippen molar-refractivity contribution in [3.8, 4) is 0 Å². The van der Waals surface area contributed by atoms with E-state index in [0.717, 1.165) is 25.9 Å². The third kappa shape index (κ3) is 10.0. The number of rotatable bonds is 10. The van der Waals surface area contributed by atoms with Crippen molar-refractivity contribution in [1.82, 2.24) is 0 Å². The summed E-state index contributed by atoms with van der Waals surface area (Å²) in [5, 5.41) is 9.51. The van der Waals surface area contributed by atoms with Gasteiger partial charge in [0.05, 0.1) is 12.7 Å². The molecule has 0 aliphatic carbocycles. The zero-order valence-corrected chi connectivity index (χ0v) is 9.80. The molecule has 0 aromatic rings. The van der Waals surface area contributed by atoms with Gasteiger partial charge < -0.3 is 9.84 Å². The number of hydrogen-bond donors (Lipinski definition) is 1. The molecule has 1 atom stereocenters. The van der Waals surface area contributed by atoms with Gasteiger partial charge >= 0.3 is 0 Å². The maximum atomic E-state index is 9.51. The van der Waals surface area contributed by atoms with Crippen LogP contribution in [0, 0.1) is 0 Å². The summed E-state index contributed by atoms with van der Waals surface area (Å²) in [6.45, 7) is 5.58. The van der Waals surface area contributed by atoms with Crippen LogP contribution in [0.25, 0.3) is 0 Å². The first kappa shape index (κ1) is 13.9. The lowest BCUT2D eigenvalue weighted by molar-refractivity contribution is 0.0316. The third-order valence-corrected chi connectivity index (χ3v) is 2.30. The Morgan fingerprint density at radius 3 is 2.36 bits per heavy atom. The van der Waals surface area contributed by atoms with Crippen LogP contribution in [0.3, 0.4) is 0 Å². The van der Waals surface area contributed by atoms with Gasteiger partial charge in [0.25, 0.3) is 0 Å². The number of unbranched alkanes of at least 4 members (excludes halogenated alkanes) is 4. The Bertz CT molecular complexity index is 104. The van der Waals surface area contributed by atoms with Crippen molar-refractivity contribution in [2.75, 3.05) is 13.2 Å². The Hall–Kier alpha value is -0.0800. The van der Waals surface area contributed by atoms with Crippen molar-refractivity contribution in [3.63, 3.8) is 0 Å². The highest BCUT2D eigenvalue weighted by molar-refractivity contribution is 4.54. The lowest BCUT2D eigenvalue weighted by Gasteiger charge is -2.10. The molecule has 0 fully saturated rings. The number of aliphatic hydroxyl groups excluding tert-OH is 1. The van der Waals surface area contributed by atoms with Crippen molar-refractivity contribution in [3.05, 3.63) is 0 Å². The predicted molar refractivity (Wildman–Crippen MR) is 60.5 cm³/mol. The Morgan fingerprint density at radius 2 is 1.71 bits per heavy atom. The van der Waals surface area contributed by atoms with Gasteiger partial charge in [0.15, 0.2) is 0 Å². The van der Waals surface area contributed by atoms with Crippen molar-refractivity contribution in [1.29, 1.82) is 0 Å². The first-order valence-corrected chi connectivity index (χ1v) is 6.07. The first-order chi connectivity index (χ1) is 6.81. The van der Waals surface area contributed by atoms with Crippen LogP contribution in [0.1, 0.15) is 58.8 Å². The lowest BCUT2D eigenvalue weighted by atomic mass is 10.1. The second kappa shape index (κ2) is 11.0. The molecule has 0 aromatic heterocycles. The highest BCUT2D eigenvalue weighted by atomic mass is 16.5. The van der Waals surface area contributed by atoms with Crippen LogP contribution in [0.4, 0.5) is 0 Å². The maximum absolute atomic E-state index is 9.51. The zero-order chi connectivity index (χ0) is 10.6.